The Morgan fingerprint density at radius 1 is 1.21 bits per heavy atom. The van der Waals surface area contributed by atoms with Crippen molar-refractivity contribution in [2.24, 2.45) is 0 Å². The number of hydrogen-bond acceptors (Lipinski definition) is 4. The minimum Gasteiger partial charge on any atom is -0.496 e. The summed E-state index contributed by atoms with van der Waals surface area (Å²) in [5, 5.41) is 3.49. The fourth-order valence-electron chi connectivity index (χ4n) is 2.87. The zero-order chi connectivity index (χ0) is 20.1. The minimum absolute atomic E-state index is 0.0667. The molecule has 2 N–H and O–H groups in total. The second-order valence-electron chi connectivity index (χ2n) is 6.30. The number of carbonyl (C=O) groups is 1. The largest absolute Gasteiger partial charge is 0.496 e. The summed E-state index contributed by atoms with van der Waals surface area (Å²) in [7, 11) is 1.58. The molecular weight excluding hydrogens is 378 g/mol. The fraction of sp³-hybridized carbons (Fsp3) is 0.190. The lowest BCUT2D eigenvalue weighted by Crippen LogP contribution is -2.30. The molecule has 0 saturated heterocycles. The maximum atomic E-state index is 12.4. The molecule has 0 fully saturated rings. The molecule has 3 aromatic rings. The number of hydrogen-bond donors (Lipinski definition) is 2. The van der Waals surface area contributed by atoms with Crippen LogP contribution in [0.5, 0.6) is 5.75 Å². The number of halogens is 1. The smallest absolute Gasteiger partial charge is 0.254 e. The number of carbonyl (C=O) groups excluding carboxylic acids is 1. The van der Waals surface area contributed by atoms with Gasteiger partial charge < -0.3 is 15.0 Å². The number of nitrogens with one attached hydrogen (secondary N) is 2. The normalized spacial score (nSPS) is 11.7. The highest BCUT2D eigenvalue weighted by Gasteiger charge is 2.15. The second-order valence-corrected chi connectivity index (χ2v) is 6.74. The third-order valence-corrected chi connectivity index (χ3v) is 4.58. The molecule has 1 aromatic heterocycles. The van der Waals surface area contributed by atoms with Gasteiger partial charge in [0.2, 0.25) is 5.91 Å². The summed E-state index contributed by atoms with van der Waals surface area (Å²) in [6, 6.07) is 14.2. The molecule has 1 heterocycles. The predicted octanol–water partition coefficient (Wildman–Crippen LogP) is 3.52. The van der Waals surface area contributed by atoms with Gasteiger partial charge in [-0.15, -0.1) is 0 Å². The maximum Gasteiger partial charge on any atom is 0.254 e. The van der Waals surface area contributed by atoms with Crippen molar-refractivity contribution in [3.05, 3.63) is 81.2 Å². The van der Waals surface area contributed by atoms with Gasteiger partial charge >= 0.3 is 0 Å². The van der Waals surface area contributed by atoms with Crippen molar-refractivity contribution in [3.8, 4) is 17.1 Å². The molecule has 0 aliphatic rings. The van der Waals surface area contributed by atoms with E-state index in [4.69, 9.17) is 16.3 Å². The Balaban J connectivity index is 1.70. The molecule has 28 heavy (non-hydrogen) atoms. The molecule has 2 aromatic carbocycles. The van der Waals surface area contributed by atoms with Gasteiger partial charge in [0.25, 0.3) is 5.56 Å². The van der Waals surface area contributed by atoms with Crippen molar-refractivity contribution in [2.45, 2.75) is 19.4 Å². The van der Waals surface area contributed by atoms with Crippen molar-refractivity contribution in [1.29, 1.82) is 0 Å². The van der Waals surface area contributed by atoms with Gasteiger partial charge in [0.15, 0.2) is 0 Å². The molecule has 144 valence electrons. The van der Waals surface area contributed by atoms with Crippen molar-refractivity contribution in [1.82, 2.24) is 15.3 Å². The van der Waals surface area contributed by atoms with Gasteiger partial charge in [0.1, 0.15) is 11.6 Å². The van der Waals surface area contributed by atoms with Crippen LogP contribution in [0.15, 0.2) is 59.5 Å². The van der Waals surface area contributed by atoms with Crippen LogP contribution in [-0.2, 0) is 11.2 Å². The Labute approximate surface area is 167 Å². The molecule has 0 bridgehead atoms. The first kappa shape index (κ1) is 19.6. The van der Waals surface area contributed by atoms with Crippen LogP contribution in [0, 0.1) is 0 Å². The molecule has 0 aliphatic heterocycles. The summed E-state index contributed by atoms with van der Waals surface area (Å²) in [5.74, 6) is 0.847. The van der Waals surface area contributed by atoms with Gasteiger partial charge in [0.05, 0.1) is 19.6 Å². The maximum absolute atomic E-state index is 12.4. The molecule has 3 rings (SSSR count). The van der Waals surface area contributed by atoms with E-state index in [0.29, 0.717) is 22.2 Å². The van der Waals surface area contributed by atoms with E-state index in [2.05, 4.69) is 15.3 Å². The Kier molecular flexibility index (Phi) is 6.11. The third-order valence-electron chi connectivity index (χ3n) is 4.32. The number of methoxy groups -OCH3 is 1. The van der Waals surface area contributed by atoms with Crippen molar-refractivity contribution in [3.63, 3.8) is 0 Å². The van der Waals surface area contributed by atoms with Gasteiger partial charge in [-0.05, 0) is 37.3 Å². The van der Waals surface area contributed by atoms with Crippen molar-refractivity contribution in [2.75, 3.05) is 7.11 Å². The molecule has 0 unspecified atom stereocenters. The molecule has 1 amide bonds. The number of amides is 1. The van der Waals surface area contributed by atoms with Crippen LogP contribution in [0.2, 0.25) is 5.02 Å². The van der Waals surface area contributed by atoms with E-state index in [9.17, 15) is 9.59 Å². The van der Waals surface area contributed by atoms with E-state index in [0.717, 1.165) is 11.1 Å². The number of benzene rings is 2. The number of aromatic amines is 1. The Bertz CT molecular complexity index is 1030. The average molecular weight is 398 g/mol. The van der Waals surface area contributed by atoms with E-state index in [-0.39, 0.29) is 23.9 Å². The predicted molar refractivity (Wildman–Crippen MR) is 109 cm³/mol. The topological polar surface area (TPSA) is 84.1 Å². The lowest BCUT2D eigenvalue weighted by molar-refractivity contribution is -0.121. The highest BCUT2D eigenvalue weighted by Crippen LogP contribution is 2.24. The first-order valence-corrected chi connectivity index (χ1v) is 9.12. The summed E-state index contributed by atoms with van der Waals surface area (Å²) in [5.41, 5.74) is 1.55. The Morgan fingerprint density at radius 2 is 1.93 bits per heavy atom. The van der Waals surface area contributed by atoms with E-state index in [1.165, 1.54) is 6.20 Å². The van der Waals surface area contributed by atoms with Gasteiger partial charge in [0, 0.05) is 27.9 Å². The molecule has 0 radical (unpaired) electrons. The summed E-state index contributed by atoms with van der Waals surface area (Å²) in [4.78, 5) is 31.7. The van der Waals surface area contributed by atoms with Gasteiger partial charge in [-0.25, -0.2) is 4.98 Å². The number of ether oxygens (including phenoxy) is 1. The summed E-state index contributed by atoms with van der Waals surface area (Å²) < 4.78 is 5.32. The number of H-pyrrole nitrogens is 1. The highest BCUT2D eigenvalue weighted by molar-refractivity contribution is 6.30. The fourth-order valence-corrected chi connectivity index (χ4v) is 2.99. The molecular formula is C21H20ClN3O3. The van der Waals surface area contributed by atoms with Crippen LogP contribution >= 0.6 is 11.6 Å². The highest BCUT2D eigenvalue weighted by atomic mass is 35.5. The number of nitrogens with zero attached hydrogens (tertiary/aromatic N) is 1. The van der Waals surface area contributed by atoms with Crippen molar-refractivity contribution < 1.29 is 9.53 Å². The van der Waals surface area contributed by atoms with Gasteiger partial charge in [-0.2, -0.15) is 0 Å². The zero-order valence-electron chi connectivity index (χ0n) is 15.5. The summed E-state index contributed by atoms with van der Waals surface area (Å²) in [6.07, 6.45) is 1.36. The van der Waals surface area contributed by atoms with Crippen LogP contribution in [0.4, 0.5) is 0 Å². The molecule has 0 aliphatic carbocycles. The minimum atomic E-state index is -0.347. The molecule has 7 heteroatoms. The van der Waals surface area contributed by atoms with E-state index in [1.54, 1.807) is 31.4 Å². The third kappa shape index (κ3) is 4.58. The zero-order valence-corrected chi connectivity index (χ0v) is 16.3. The molecule has 0 saturated carbocycles. The first-order valence-electron chi connectivity index (χ1n) is 8.74. The average Bonchev–Trinajstić information content (AvgIpc) is 2.70. The standard InChI is InChI=1S/C21H20ClN3O3/c1-13(17-5-3-4-6-18(17)28-2)24-19(26)11-15-12-23-20(25-21(15)27)14-7-9-16(22)10-8-14/h3-10,12-13H,11H2,1-2H3,(H,24,26)(H,23,25,27)/t13-/m0/s1. The SMILES string of the molecule is COc1ccccc1[C@H](C)NC(=O)Cc1cnc(-c2ccc(Cl)cc2)[nH]c1=O. The first-order chi connectivity index (χ1) is 13.5. The van der Waals surface area contributed by atoms with Crippen LogP contribution in [-0.4, -0.2) is 23.0 Å². The van der Waals surface area contributed by atoms with E-state index in [1.807, 2.05) is 31.2 Å². The monoisotopic (exact) mass is 397 g/mol. The summed E-state index contributed by atoms with van der Waals surface area (Å²) >= 11 is 5.87. The molecule has 0 spiro atoms. The van der Waals surface area contributed by atoms with Crippen LogP contribution < -0.4 is 15.6 Å². The Morgan fingerprint density at radius 3 is 2.61 bits per heavy atom. The van der Waals surface area contributed by atoms with Crippen LogP contribution in [0.25, 0.3) is 11.4 Å². The number of rotatable bonds is 6. The van der Waals surface area contributed by atoms with Gasteiger partial charge in [-0.3, -0.25) is 9.59 Å². The summed E-state index contributed by atoms with van der Waals surface area (Å²) in [6.45, 7) is 1.86. The lowest BCUT2D eigenvalue weighted by Gasteiger charge is -2.17. The molecule has 6 nitrogen and oxygen atoms in total. The van der Waals surface area contributed by atoms with Crippen LogP contribution in [0.3, 0.4) is 0 Å². The van der Waals surface area contributed by atoms with E-state index >= 15 is 0 Å². The lowest BCUT2D eigenvalue weighted by atomic mass is 10.1. The molecule has 1 atom stereocenters. The Hall–Kier alpha value is -3.12. The second kappa shape index (κ2) is 8.71. The quantitative estimate of drug-likeness (QED) is 0.666. The number of para-hydroxylation sites is 1. The van der Waals surface area contributed by atoms with Crippen LogP contribution in [0.1, 0.15) is 24.1 Å². The number of aromatic nitrogens is 2. The van der Waals surface area contributed by atoms with E-state index < -0.39 is 0 Å². The van der Waals surface area contributed by atoms with Crippen molar-refractivity contribution >= 4 is 17.5 Å². The van der Waals surface area contributed by atoms with Gasteiger partial charge in [-0.1, -0.05) is 29.8 Å².